The lowest BCUT2D eigenvalue weighted by atomic mass is 9.98. The molecule has 1 fully saturated rings. The molecule has 0 saturated carbocycles. The highest BCUT2D eigenvalue weighted by Gasteiger charge is 2.30. The third-order valence-electron chi connectivity index (χ3n) is 4.35. The van der Waals surface area contributed by atoms with Gasteiger partial charge in [0, 0.05) is 18.7 Å². The number of amides is 2. The lowest BCUT2D eigenvalue weighted by Gasteiger charge is -2.39. The van der Waals surface area contributed by atoms with Crippen molar-refractivity contribution in [1.29, 1.82) is 0 Å². The number of hydrogen-bond donors (Lipinski definition) is 2. The number of nitrogens with zero attached hydrogens (tertiary/aromatic N) is 1. The third-order valence-corrected chi connectivity index (χ3v) is 4.35. The molecule has 0 bridgehead atoms. The standard InChI is InChI=1S/C17H26N2O2/c1-13-7-6-8-14(2)19(13)17(21)18-16(11-12-20)15-9-4-3-5-10-15/h3-5,9-10,13-14,16,20H,6-8,11-12H2,1-2H3,(H,18,21)/t13?,14?,16-/m1/s1. The van der Waals surface area contributed by atoms with Gasteiger partial charge in [0.05, 0.1) is 6.04 Å². The Morgan fingerprint density at radius 2 is 1.90 bits per heavy atom. The van der Waals surface area contributed by atoms with Crippen LogP contribution in [0.5, 0.6) is 0 Å². The van der Waals surface area contributed by atoms with Gasteiger partial charge in [-0.2, -0.15) is 0 Å². The third kappa shape index (κ3) is 3.97. The van der Waals surface area contributed by atoms with Gasteiger partial charge in [0.1, 0.15) is 0 Å². The zero-order chi connectivity index (χ0) is 15.2. The Balaban J connectivity index is 2.07. The Hall–Kier alpha value is -1.55. The molecule has 2 amide bonds. The van der Waals surface area contributed by atoms with Gasteiger partial charge in [-0.25, -0.2) is 4.79 Å². The largest absolute Gasteiger partial charge is 0.396 e. The number of likely N-dealkylation sites (tertiary alicyclic amines) is 1. The van der Waals surface area contributed by atoms with Crippen LogP contribution in [-0.2, 0) is 0 Å². The van der Waals surface area contributed by atoms with Gasteiger partial charge in [0.25, 0.3) is 0 Å². The number of aliphatic hydroxyl groups excluding tert-OH is 1. The summed E-state index contributed by atoms with van der Waals surface area (Å²) >= 11 is 0. The average molecular weight is 290 g/mol. The monoisotopic (exact) mass is 290 g/mol. The molecule has 0 spiro atoms. The molecule has 0 radical (unpaired) electrons. The van der Waals surface area contributed by atoms with Crippen molar-refractivity contribution in [1.82, 2.24) is 10.2 Å². The molecule has 1 heterocycles. The minimum atomic E-state index is -0.134. The Labute approximate surface area is 127 Å². The smallest absolute Gasteiger partial charge is 0.318 e. The molecule has 116 valence electrons. The summed E-state index contributed by atoms with van der Waals surface area (Å²) in [6, 6.07) is 10.3. The van der Waals surface area contributed by atoms with Crippen molar-refractivity contribution < 1.29 is 9.90 Å². The topological polar surface area (TPSA) is 52.6 Å². The molecule has 2 unspecified atom stereocenters. The zero-order valence-corrected chi connectivity index (χ0v) is 13.0. The van der Waals surface area contributed by atoms with E-state index in [9.17, 15) is 9.90 Å². The van der Waals surface area contributed by atoms with Crippen LogP contribution in [-0.4, -0.2) is 34.7 Å². The quantitative estimate of drug-likeness (QED) is 0.895. The van der Waals surface area contributed by atoms with Crippen molar-refractivity contribution in [2.45, 2.75) is 57.7 Å². The minimum Gasteiger partial charge on any atom is -0.396 e. The van der Waals surface area contributed by atoms with Crippen LogP contribution in [0.1, 0.15) is 51.1 Å². The van der Waals surface area contributed by atoms with E-state index in [0.717, 1.165) is 18.4 Å². The molecule has 1 aromatic rings. The number of piperidine rings is 1. The van der Waals surface area contributed by atoms with Crippen LogP contribution in [0.15, 0.2) is 30.3 Å². The predicted molar refractivity (Wildman–Crippen MR) is 84.0 cm³/mol. The van der Waals surface area contributed by atoms with Crippen molar-refractivity contribution >= 4 is 6.03 Å². The van der Waals surface area contributed by atoms with Crippen molar-refractivity contribution in [3.8, 4) is 0 Å². The van der Waals surface area contributed by atoms with Gasteiger partial charge < -0.3 is 15.3 Å². The SMILES string of the molecule is CC1CCCC(C)N1C(=O)N[C@H](CCO)c1ccccc1. The van der Waals surface area contributed by atoms with Crippen LogP contribution >= 0.6 is 0 Å². The highest BCUT2D eigenvalue weighted by atomic mass is 16.3. The van der Waals surface area contributed by atoms with Crippen LogP contribution in [0.3, 0.4) is 0 Å². The van der Waals surface area contributed by atoms with Crippen LogP contribution in [0.2, 0.25) is 0 Å². The molecule has 1 aliphatic rings. The molecule has 3 atom stereocenters. The van der Waals surface area contributed by atoms with E-state index in [2.05, 4.69) is 19.2 Å². The summed E-state index contributed by atoms with van der Waals surface area (Å²) in [4.78, 5) is 14.6. The van der Waals surface area contributed by atoms with Crippen LogP contribution < -0.4 is 5.32 Å². The number of nitrogens with one attached hydrogen (secondary N) is 1. The van der Waals surface area contributed by atoms with Gasteiger partial charge in [-0.15, -0.1) is 0 Å². The molecule has 0 aliphatic carbocycles. The van der Waals surface area contributed by atoms with Gasteiger partial charge in [-0.1, -0.05) is 30.3 Å². The van der Waals surface area contributed by atoms with Gasteiger partial charge >= 0.3 is 6.03 Å². The Bertz CT molecular complexity index is 439. The minimum absolute atomic E-state index is 0.0167. The fourth-order valence-electron chi connectivity index (χ4n) is 3.18. The van der Waals surface area contributed by atoms with Gasteiger partial charge in [-0.05, 0) is 45.1 Å². The molecule has 2 N–H and O–H groups in total. The fourth-order valence-corrected chi connectivity index (χ4v) is 3.18. The molecule has 4 heteroatoms. The first-order valence-electron chi connectivity index (χ1n) is 7.88. The van der Waals surface area contributed by atoms with Crippen LogP contribution in [0.25, 0.3) is 0 Å². The Morgan fingerprint density at radius 3 is 2.48 bits per heavy atom. The fraction of sp³-hybridized carbons (Fsp3) is 0.588. The molecule has 1 aromatic carbocycles. The Morgan fingerprint density at radius 1 is 1.29 bits per heavy atom. The Kier molecular flexibility index (Phi) is 5.62. The summed E-state index contributed by atoms with van der Waals surface area (Å²) < 4.78 is 0. The van der Waals surface area contributed by atoms with Gasteiger partial charge in [0.15, 0.2) is 0 Å². The summed E-state index contributed by atoms with van der Waals surface area (Å²) in [7, 11) is 0. The van der Waals surface area contributed by atoms with E-state index in [-0.39, 0.29) is 30.8 Å². The second kappa shape index (κ2) is 7.46. The number of carbonyl (C=O) groups is 1. The van der Waals surface area contributed by atoms with Crippen molar-refractivity contribution in [3.05, 3.63) is 35.9 Å². The average Bonchev–Trinajstić information content (AvgIpc) is 2.47. The highest BCUT2D eigenvalue weighted by Crippen LogP contribution is 2.24. The van der Waals surface area contributed by atoms with Crippen LogP contribution in [0.4, 0.5) is 4.79 Å². The number of rotatable bonds is 4. The van der Waals surface area contributed by atoms with Crippen molar-refractivity contribution in [3.63, 3.8) is 0 Å². The second-order valence-corrected chi connectivity index (χ2v) is 5.96. The summed E-state index contributed by atoms with van der Waals surface area (Å²) in [6.07, 6.45) is 3.85. The van der Waals surface area contributed by atoms with Crippen molar-refractivity contribution in [2.75, 3.05) is 6.61 Å². The van der Waals surface area contributed by atoms with E-state index in [1.165, 1.54) is 6.42 Å². The van der Waals surface area contributed by atoms with E-state index >= 15 is 0 Å². The van der Waals surface area contributed by atoms with Crippen LogP contribution in [0, 0.1) is 0 Å². The molecule has 2 rings (SSSR count). The van der Waals surface area contributed by atoms with Crippen molar-refractivity contribution in [2.24, 2.45) is 0 Å². The summed E-state index contributed by atoms with van der Waals surface area (Å²) in [6.45, 7) is 4.28. The molecule has 1 saturated heterocycles. The maximum atomic E-state index is 12.6. The molecule has 1 aliphatic heterocycles. The number of benzene rings is 1. The summed E-state index contributed by atoms with van der Waals surface area (Å²) in [5.41, 5.74) is 1.04. The maximum absolute atomic E-state index is 12.6. The van der Waals surface area contributed by atoms with E-state index in [1.807, 2.05) is 35.2 Å². The lowest BCUT2D eigenvalue weighted by molar-refractivity contribution is 0.119. The summed E-state index contributed by atoms with van der Waals surface area (Å²) in [5.74, 6) is 0. The molecular weight excluding hydrogens is 264 g/mol. The number of urea groups is 1. The number of hydrogen-bond acceptors (Lipinski definition) is 2. The first kappa shape index (κ1) is 15.8. The molecule has 21 heavy (non-hydrogen) atoms. The van der Waals surface area contributed by atoms with Gasteiger partial charge in [-0.3, -0.25) is 0 Å². The van der Waals surface area contributed by atoms with E-state index < -0.39 is 0 Å². The number of carbonyl (C=O) groups excluding carboxylic acids is 1. The van der Waals surface area contributed by atoms with E-state index in [4.69, 9.17) is 0 Å². The lowest BCUT2D eigenvalue weighted by Crippen LogP contribution is -2.52. The normalized spacial score (nSPS) is 23.7. The maximum Gasteiger partial charge on any atom is 0.318 e. The first-order valence-corrected chi connectivity index (χ1v) is 7.88. The van der Waals surface area contributed by atoms with Gasteiger partial charge in [0.2, 0.25) is 0 Å². The second-order valence-electron chi connectivity index (χ2n) is 5.96. The molecular formula is C17H26N2O2. The molecule has 0 aromatic heterocycles. The van der Waals surface area contributed by atoms with E-state index in [0.29, 0.717) is 6.42 Å². The first-order chi connectivity index (χ1) is 10.1. The zero-order valence-electron chi connectivity index (χ0n) is 13.0. The summed E-state index contributed by atoms with van der Waals surface area (Å²) in [5, 5.41) is 12.4. The number of aliphatic hydroxyl groups is 1. The predicted octanol–water partition coefficient (Wildman–Crippen LogP) is 3.08. The van der Waals surface area contributed by atoms with E-state index in [1.54, 1.807) is 0 Å². The molecule has 4 nitrogen and oxygen atoms in total. The highest BCUT2D eigenvalue weighted by molar-refractivity contribution is 5.75.